The third-order valence-corrected chi connectivity index (χ3v) is 5.54. The van der Waals surface area contributed by atoms with Gasteiger partial charge in [-0.1, -0.05) is 53.5 Å². The summed E-state index contributed by atoms with van der Waals surface area (Å²) in [6.45, 7) is 0. The lowest BCUT2D eigenvalue weighted by atomic mass is 9.93. The summed E-state index contributed by atoms with van der Waals surface area (Å²) in [5.74, 6) is -2.13. The highest BCUT2D eigenvalue weighted by molar-refractivity contribution is 7.13. The van der Waals surface area contributed by atoms with Crippen LogP contribution in [-0.2, 0) is 16.0 Å². The van der Waals surface area contributed by atoms with Crippen molar-refractivity contribution < 1.29 is 14.7 Å². The molecule has 0 saturated heterocycles. The topological polar surface area (TPSA) is 67.3 Å². The van der Waals surface area contributed by atoms with Gasteiger partial charge in [-0.15, -0.1) is 11.3 Å². The van der Waals surface area contributed by atoms with E-state index in [1.54, 1.807) is 35.7 Å². The second kappa shape index (κ2) is 8.65. The van der Waals surface area contributed by atoms with E-state index >= 15 is 0 Å². The summed E-state index contributed by atoms with van der Waals surface area (Å²) in [6, 6.07) is 13.9. The number of carboxylic acid groups (broad SMARTS) is 1. The maximum absolute atomic E-state index is 12.4. The summed E-state index contributed by atoms with van der Waals surface area (Å²) in [5, 5.41) is 13.1. The number of carbonyl (C=O) groups is 2. The molecule has 0 aliphatic heterocycles. The van der Waals surface area contributed by atoms with Crippen LogP contribution in [0.2, 0.25) is 10.0 Å². The highest BCUT2D eigenvalue weighted by Crippen LogP contribution is 2.30. The van der Waals surface area contributed by atoms with Gasteiger partial charge in [-0.2, -0.15) is 0 Å². The Morgan fingerprint density at radius 3 is 2.44 bits per heavy atom. The summed E-state index contributed by atoms with van der Waals surface area (Å²) in [4.78, 5) is 28.5. The largest absolute Gasteiger partial charge is 0.481 e. The first-order valence-electron chi connectivity index (χ1n) is 8.13. The van der Waals surface area contributed by atoms with Gasteiger partial charge in [0.05, 0.1) is 16.6 Å². The second-order valence-electron chi connectivity index (χ2n) is 5.99. The molecule has 1 N–H and O–H groups in total. The molecule has 1 heterocycles. The average molecular weight is 420 g/mol. The number of rotatable bonds is 7. The van der Waals surface area contributed by atoms with Crippen LogP contribution in [0.25, 0.3) is 10.6 Å². The van der Waals surface area contributed by atoms with E-state index < -0.39 is 11.9 Å². The molecule has 0 bridgehead atoms. The Balaban J connectivity index is 1.70. The van der Waals surface area contributed by atoms with Crippen molar-refractivity contribution in [3.8, 4) is 10.6 Å². The van der Waals surface area contributed by atoms with Crippen LogP contribution in [-0.4, -0.2) is 21.8 Å². The van der Waals surface area contributed by atoms with Gasteiger partial charge in [-0.25, -0.2) is 4.98 Å². The first-order valence-corrected chi connectivity index (χ1v) is 9.77. The minimum atomic E-state index is -1.04. The molecule has 0 saturated carbocycles. The van der Waals surface area contributed by atoms with Gasteiger partial charge in [-0.05, 0) is 23.8 Å². The number of Topliss-reactive ketones (excluding diaryl/α,β-unsaturated/α-hetero) is 1. The Labute approximate surface area is 170 Å². The normalized spacial score (nSPS) is 11.9. The van der Waals surface area contributed by atoms with Gasteiger partial charge in [0.2, 0.25) is 0 Å². The van der Waals surface area contributed by atoms with Crippen LogP contribution in [0, 0.1) is 0 Å². The summed E-state index contributed by atoms with van der Waals surface area (Å²) in [6.07, 6.45) is -0.0196. The number of halogens is 2. The lowest BCUT2D eigenvalue weighted by molar-refractivity contribution is -0.140. The zero-order valence-electron chi connectivity index (χ0n) is 14.1. The Bertz CT molecular complexity index is 969. The van der Waals surface area contributed by atoms with Crippen molar-refractivity contribution in [2.24, 2.45) is 0 Å². The highest BCUT2D eigenvalue weighted by Gasteiger charge is 2.24. The Kier molecular flexibility index (Phi) is 6.26. The summed E-state index contributed by atoms with van der Waals surface area (Å²) in [5.41, 5.74) is 1.97. The maximum Gasteiger partial charge on any atom is 0.311 e. The third-order valence-electron chi connectivity index (χ3n) is 4.04. The Hall–Kier alpha value is -2.21. The van der Waals surface area contributed by atoms with Crippen LogP contribution in [0.15, 0.2) is 53.9 Å². The standard InChI is InChI=1S/C20H15Cl2NO3S/c21-13-7-5-12(6-8-13)17(20(25)26)10-15(24)9-14-11-27-19(23-14)16-3-1-2-4-18(16)22/h1-8,11,17H,9-10H2,(H,25,26). The fourth-order valence-electron chi connectivity index (χ4n) is 2.69. The van der Waals surface area contributed by atoms with Crippen LogP contribution in [0.4, 0.5) is 0 Å². The lowest BCUT2D eigenvalue weighted by Gasteiger charge is -2.11. The monoisotopic (exact) mass is 419 g/mol. The summed E-state index contributed by atoms with van der Waals surface area (Å²) < 4.78 is 0. The number of hydrogen-bond donors (Lipinski definition) is 1. The van der Waals surface area contributed by atoms with Gasteiger partial charge in [0, 0.05) is 28.8 Å². The van der Waals surface area contributed by atoms with E-state index in [4.69, 9.17) is 23.2 Å². The first kappa shape index (κ1) is 19.5. The predicted molar refractivity (Wildman–Crippen MR) is 108 cm³/mol. The van der Waals surface area contributed by atoms with Crippen molar-refractivity contribution >= 4 is 46.3 Å². The van der Waals surface area contributed by atoms with Crippen LogP contribution >= 0.6 is 34.5 Å². The van der Waals surface area contributed by atoms with Crippen molar-refractivity contribution in [3.05, 3.63) is 75.2 Å². The number of thiazole rings is 1. The zero-order chi connectivity index (χ0) is 19.4. The number of aliphatic carboxylic acids is 1. The molecule has 4 nitrogen and oxygen atoms in total. The Morgan fingerprint density at radius 2 is 1.78 bits per heavy atom. The molecule has 1 unspecified atom stereocenters. The smallest absolute Gasteiger partial charge is 0.311 e. The lowest BCUT2D eigenvalue weighted by Crippen LogP contribution is -2.17. The molecule has 0 amide bonds. The van der Waals surface area contributed by atoms with Gasteiger partial charge in [0.15, 0.2) is 0 Å². The van der Waals surface area contributed by atoms with Crippen molar-refractivity contribution in [2.45, 2.75) is 18.8 Å². The number of hydrogen-bond acceptors (Lipinski definition) is 4. The summed E-state index contributed by atoms with van der Waals surface area (Å²) in [7, 11) is 0. The minimum absolute atomic E-state index is 0.0817. The van der Waals surface area contributed by atoms with E-state index in [9.17, 15) is 14.7 Å². The molecule has 2 aromatic carbocycles. The highest BCUT2D eigenvalue weighted by atomic mass is 35.5. The maximum atomic E-state index is 12.4. The van der Waals surface area contributed by atoms with Gasteiger partial charge < -0.3 is 5.11 Å². The number of benzene rings is 2. The summed E-state index contributed by atoms with van der Waals surface area (Å²) >= 11 is 13.4. The number of aromatic nitrogens is 1. The number of nitrogens with zero attached hydrogens (tertiary/aromatic N) is 1. The zero-order valence-corrected chi connectivity index (χ0v) is 16.4. The molecule has 7 heteroatoms. The molecule has 0 aliphatic rings. The Morgan fingerprint density at radius 1 is 1.07 bits per heavy atom. The second-order valence-corrected chi connectivity index (χ2v) is 7.69. The van der Waals surface area contributed by atoms with E-state index in [0.717, 1.165) is 10.6 Å². The van der Waals surface area contributed by atoms with Crippen molar-refractivity contribution in [1.29, 1.82) is 0 Å². The molecular weight excluding hydrogens is 405 g/mol. The molecule has 0 radical (unpaired) electrons. The molecule has 0 fully saturated rings. The molecule has 138 valence electrons. The minimum Gasteiger partial charge on any atom is -0.481 e. The SMILES string of the molecule is O=C(Cc1csc(-c2ccccc2Cl)n1)CC(C(=O)O)c1ccc(Cl)cc1. The van der Waals surface area contributed by atoms with E-state index in [1.807, 2.05) is 18.2 Å². The molecule has 1 atom stereocenters. The van der Waals surface area contributed by atoms with Crippen molar-refractivity contribution in [2.75, 3.05) is 0 Å². The molecule has 0 spiro atoms. The fraction of sp³-hybridized carbons (Fsp3) is 0.150. The van der Waals surface area contributed by atoms with Gasteiger partial charge in [-0.3, -0.25) is 9.59 Å². The van der Waals surface area contributed by atoms with Gasteiger partial charge in [0.1, 0.15) is 10.8 Å². The van der Waals surface area contributed by atoms with E-state index in [0.29, 0.717) is 21.3 Å². The first-order chi connectivity index (χ1) is 12.9. The van der Waals surface area contributed by atoms with E-state index in [-0.39, 0.29) is 18.6 Å². The molecule has 0 aliphatic carbocycles. The van der Waals surface area contributed by atoms with Crippen molar-refractivity contribution in [3.63, 3.8) is 0 Å². The molecular formula is C20H15Cl2NO3S. The quantitative estimate of drug-likeness (QED) is 0.549. The predicted octanol–water partition coefficient (Wildman–Crippen LogP) is 5.49. The van der Waals surface area contributed by atoms with E-state index in [2.05, 4.69) is 4.98 Å². The van der Waals surface area contributed by atoms with Crippen LogP contribution in [0.3, 0.4) is 0 Å². The van der Waals surface area contributed by atoms with Crippen molar-refractivity contribution in [1.82, 2.24) is 4.98 Å². The van der Waals surface area contributed by atoms with Gasteiger partial charge in [0.25, 0.3) is 0 Å². The number of ketones is 1. The molecule has 3 rings (SSSR count). The van der Waals surface area contributed by atoms with Crippen LogP contribution < -0.4 is 0 Å². The number of carbonyl (C=O) groups excluding carboxylic acids is 1. The van der Waals surface area contributed by atoms with Crippen LogP contribution in [0.1, 0.15) is 23.6 Å². The van der Waals surface area contributed by atoms with E-state index in [1.165, 1.54) is 11.3 Å². The van der Waals surface area contributed by atoms with Crippen LogP contribution in [0.5, 0.6) is 0 Å². The van der Waals surface area contributed by atoms with Gasteiger partial charge >= 0.3 is 5.97 Å². The molecule has 3 aromatic rings. The number of carboxylic acids is 1. The third kappa shape index (κ3) is 4.95. The average Bonchev–Trinajstić information content (AvgIpc) is 3.09. The fourth-order valence-corrected chi connectivity index (χ4v) is 3.96. The molecule has 27 heavy (non-hydrogen) atoms. The molecule has 1 aromatic heterocycles.